The van der Waals surface area contributed by atoms with Crippen LogP contribution in [0.2, 0.25) is 13.1 Å². The summed E-state index contributed by atoms with van der Waals surface area (Å²) in [7, 11) is -0.916. The Balaban J connectivity index is 1.77. The zero-order valence-corrected chi connectivity index (χ0v) is 17.0. The Morgan fingerprint density at radius 3 is 2.07 bits per heavy atom. The number of benzene rings is 4. The Kier molecular flexibility index (Phi) is 5.08. The standard InChI is InChI=1S/C25H24OSi/c1-27(2)25-15-9-8-14-23(25)21-16-17-24(22-13-7-6-12-20(21)22)26-18-19-10-4-3-5-11-19/h3-17,27H,18H2,1-2H3. The number of ether oxygens (including phenoxy) is 1. The maximum Gasteiger partial charge on any atom is 0.127 e. The highest BCUT2D eigenvalue weighted by Gasteiger charge is 2.13. The van der Waals surface area contributed by atoms with Crippen molar-refractivity contribution >= 4 is 24.8 Å². The van der Waals surface area contributed by atoms with Gasteiger partial charge in [0.15, 0.2) is 0 Å². The number of hydrogen-bond donors (Lipinski definition) is 0. The van der Waals surface area contributed by atoms with Crippen LogP contribution < -0.4 is 9.92 Å². The quantitative estimate of drug-likeness (QED) is 0.406. The lowest BCUT2D eigenvalue weighted by Crippen LogP contribution is -2.24. The average molecular weight is 369 g/mol. The summed E-state index contributed by atoms with van der Waals surface area (Å²) in [6.45, 7) is 5.36. The van der Waals surface area contributed by atoms with Gasteiger partial charge >= 0.3 is 0 Å². The molecule has 0 N–H and O–H groups in total. The SMILES string of the molecule is C[SiH](C)c1ccccc1-c1ccc(OCc2ccccc2)c2ccccc12. The van der Waals surface area contributed by atoms with Crippen molar-refractivity contribution in [2.24, 2.45) is 0 Å². The molecule has 0 spiro atoms. The van der Waals surface area contributed by atoms with Crippen LogP contribution in [0.5, 0.6) is 5.75 Å². The molecule has 4 aromatic rings. The maximum atomic E-state index is 6.18. The van der Waals surface area contributed by atoms with Crippen LogP contribution in [-0.4, -0.2) is 8.80 Å². The molecule has 0 aliphatic carbocycles. The highest BCUT2D eigenvalue weighted by atomic mass is 28.3. The van der Waals surface area contributed by atoms with Gasteiger partial charge in [0.2, 0.25) is 0 Å². The summed E-state index contributed by atoms with van der Waals surface area (Å²) in [6, 6.07) is 32.1. The van der Waals surface area contributed by atoms with E-state index in [2.05, 4.69) is 85.9 Å². The molecule has 0 aliphatic heterocycles. The topological polar surface area (TPSA) is 9.23 Å². The zero-order valence-electron chi connectivity index (χ0n) is 15.9. The number of hydrogen-bond acceptors (Lipinski definition) is 1. The monoisotopic (exact) mass is 368 g/mol. The van der Waals surface area contributed by atoms with Gasteiger partial charge in [-0.15, -0.1) is 0 Å². The average Bonchev–Trinajstić information content (AvgIpc) is 2.72. The predicted octanol–water partition coefficient (Wildman–Crippen LogP) is 5.78. The summed E-state index contributed by atoms with van der Waals surface area (Å²) in [5, 5.41) is 3.94. The summed E-state index contributed by atoms with van der Waals surface area (Å²) in [4.78, 5) is 0. The fraction of sp³-hybridized carbons (Fsp3) is 0.120. The van der Waals surface area contributed by atoms with E-state index in [1.165, 1.54) is 32.6 Å². The van der Waals surface area contributed by atoms with E-state index >= 15 is 0 Å². The van der Waals surface area contributed by atoms with Gasteiger partial charge in [0.05, 0.1) is 8.80 Å². The molecule has 0 amide bonds. The fourth-order valence-electron chi connectivity index (χ4n) is 3.61. The van der Waals surface area contributed by atoms with E-state index in [0.717, 1.165) is 5.75 Å². The fourth-order valence-corrected chi connectivity index (χ4v) is 4.98. The molecule has 0 aromatic heterocycles. The summed E-state index contributed by atoms with van der Waals surface area (Å²) < 4.78 is 6.18. The first kappa shape index (κ1) is 17.6. The van der Waals surface area contributed by atoms with Crippen molar-refractivity contribution in [1.29, 1.82) is 0 Å². The highest BCUT2D eigenvalue weighted by Crippen LogP contribution is 2.34. The third-order valence-corrected chi connectivity index (χ3v) is 6.74. The van der Waals surface area contributed by atoms with Crippen LogP contribution >= 0.6 is 0 Å². The van der Waals surface area contributed by atoms with Crippen molar-refractivity contribution in [2.75, 3.05) is 0 Å². The lowest BCUT2D eigenvalue weighted by Gasteiger charge is -2.16. The second-order valence-electron chi connectivity index (χ2n) is 7.17. The molecule has 0 aliphatic rings. The smallest absolute Gasteiger partial charge is 0.127 e. The predicted molar refractivity (Wildman–Crippen MR) is 119 cm³/mol. The first-order valence-corrected chi connectivity index (χ1v) is 12.4. The van der Waals surface area contributed by atoms with Gasteiger partial charge in [-0.3, -0.25) is 0 Å². The van der Waals surface area contributed by atoms with Crippen molar-refractivity contribution in [3.05, 3.63) is 96.6 Å². The molecule has 1 nitrogen and oxygen atoms in total. The van der Waals surface area contributed by atoms with E-state index in [0.29, 0.717) is 6.61 Å². The van der Waals surface area contributed by atoms with E-state index in [-0.39, 0.29) is 0 Å². The molecule has 4 rings (SSSR count). The molecular formula is C25H24OSi. The van der Waals surface area contributed by atoms with E-state index in [1.54, 1.807) is 0 Å². The van der Waals surface area contributed by atoms with Gasteiger partial charge in [-0.1, -0.05) is 103 Å². The van der Waals surface area contributed by atoms with Crippen LogP contribution in [0.25, 0.3) is 21.9 Å². The lowest BCUT2D eigenvalue weighted by atomic mass is 9.97. The van der Waals surface area contributed by atoms with Gasteiger partial charge in [0, 0.05) is 5.39 Å². The maximum absolute atomic E-state index is 6.18. The molecule has 0 radical (unpaired) electrons. The first-order valence-electron chi connectivity index (χ1n) is 9.52. The van der Waals surface area contributed by atoms with Gasteiger partial charge in [-0.05, 0) is 28.1 Å². The minimum atomic E-state index is -0.916. The van der Waals surface area contributed by atoms with E-state index in [1.807, 2.05) is 18.2 Å². The Morgan fingerprint density at radius 2 is 1.30 bits per heavy atom. The largest absolute Gasteiger partial charge is 0.488 e. The summed E-state index contributed by atoms with van der Waals surface area (Å²) in [5.41, 5.74) is 3.85. The molecule has 0 atom stereocenters. The Hall–Kier alpha value is -2.84. The molecule has 134 valence electrons. The van der Waals surface area contributed by atoms with Crippen molar-refractivity contribution in [2.45, 2.75) is 19.7 Å². The van der Waals surface area contributed by atoms with Crippen LogP contribution in [0.4, 0.5) is 0 Å². The van der Waals surface area contributed by atoms with Gasteiger partial charge in [-0.2, -0.15) is 0 Å². The molecule has 0 saturated carbocycles. The Morgan fingerprint density at radius 1 is 0.630 bits per heavy atom. The summed E-state index contributed by atoms with van der Waals surface area (Å²) in [6.07, 6.45) is 0. The van der Waals surface area contributed by atoms with E-state index in [4.69, 9.17) is 4.74 Å². The van der Waals surface area contributed by atoms with Crippen molar-refractivity contribution in [1.82, 2.24) is 0 Å². The molecular weight excluding hydrogens is 344 g/mol. The molecule has 0 saturated heterocycles. The normalized spacial score (nSPS) is 11.1. The molecule has 0 unspecified atom stereocenters. The molecule has 0 fully saturated rings. The first-order chi connectivity index (χ1) is 13.2. The van der Waals surface area contributed by atoms with Crippen LogP contribution in [-0.2, 0) is 6.61 Å². The molecule has 0 heterocycles. The highest BCUT2D eigenvalue weighted by molar-refractivity contribution is 6.72. The Labute approximate surface area is 162 Å². The van der Waals surface area contributed by atoms with Crippen LogP contribution in [0.1, 0.15) is 5.56 Å². The third kappa shape index (κ3) is 3.67. The lowest BCUT2D eigenvalue weighted by molar-refractivity contribution is 0.310. The van der Waals surface area contributed by atoms with Crippen molar-refractivity contribution in [3.8, 4) is 16.9 Å². The van der Waals surface area contributed by atoms with Gasteiger partial charge in [0.25, 0.3) is 0 Å². The molecule has 2 heteroatoms. The van der Waals surface area contributed by atoms with Crippen molar-refractivity contribution in [3.63, 3.8) is 0 Å². The third-order valence-electron chi connectivity index (χ3n) is 4.99. The summed E-state index contributed by atoms with van der Waals surface area (Å²) >= 11 is 0. The van der Waals surface area contributed by atoms with Crippen LogP contribution in [0.15, 0.2) is 91.0 Å². The van der Waals surface area contributed by atoms with E-state index in [9.17, 15) is 0 Å². The minimum Gasteiger partial charge on any atom is -0.488 e. The Bertz CT molecular complexity index is 1050. The van der Waals surface area contributed by atoms with E-state index < -0.39 is 8.80 Å². The minimum absolute atomic E-state index is 0.583. The van der Waals surface area contributed by atoms with Crippen LogP contribution in [0.3, 0.4) is 0 Å². The number of rotatable bonds is 5. The number of fused-ring (bicyclic) bond motifs is 1. The zero-order chi connectivity index (χ0) is 18.6. The second-order valence-corrected chi connectivity index (χ2v) is 10.1. The van der Waals surface area contributed by atoms with Crippen LogP contribution in [0, 0.1) is 0 Å². The second kappa shape index (κ2) is 7.81. The molecule has 4 aromatic carbocycles. The van der Waals surface area contributed by atoms with Crippen molar-refractivity contribution < 1.29 is 4.74 Å². The van der Waals surface area contributed by atoms with Gasteiger partial charge in [0.1, 0.15) is 12.4 Å². The van der Waals surface area contributed by atoms with Gasteiger partial charge in [-0.25, -0.2) is 0 Å². The molecule has 0 bridgehead atoms. The summed E-state index contributed by atoms with van der Waals surface area (Å²) in [5.74, 6) is 0.942. The van der Waals surface area contributed by atoms with Gasteiger partial charge < -0.3 is 4.74 Å². The molecule has 27 heavy (non-hydrogen) atoms.